The van der Waals surface area contributed by atoms with Crippen LogP contribution in [0, 0.1) is 13.8 Å². The van der Waals surface area contributed by atoms with Gasteiger partial charge < -0.3 is 10.6 Å². The SMILES string of the molecule is CN=C(NCCCNS(C)(=O)=O)NCc1ccccc1-n1nc(C)cc1C. The Morgan fingerprint density at radius 1 is 1.19 bits per heavy atom. The minimum absolute atomic E-state index is 0.392. The Balaban J connectivity index is 1.93. The maximum absolute atomic E-state index is 11.0. The van der Waals surface area contributed by atoms with Crippen molar-refractivity contribution in [1.82, 2.24) is 25.1 Å². The van der Waals surface area contributed by atoms with Crippen molar-refractivity contribution in [3.63, 3.8) is 0 Å². The lowest BCUT2D eigenvalue weighted by molar-refractivity contribution is 0.584. The number of guanidine groups is 1. The summed E-state index contributed by atoms with van der Waals surface area (Å²) in [6, 6.07) is 10.2. The van der Waals surface area contributed by atoms with E-state index in [4.69, 9.17) is 0 Å². The quantitative estimate of drug-likeness (QED) is 0.355. The van der Waals surface area contributed by atoms with E-state index in [0.29, 0.717) is 32.0 Å². The number of sulfonamides is 1. The average molecular weight is 393 g/mol. The van der Waals surface area contributed by atoms with Gasteiger partial charge in [-0.3, -0.25) is 4.99 Å². The van der Waals surface area contributed by atoms with Crippen LogP contribution in [0.15, 0.2) is 35.3 Å². The van der Waals surface area contributed by atoms with Gasteiger partial charge in [-0.25, -0.2) is 17.8 Å². The second-order valence-corrected chi connectivity index (χ2v) is 8.17. The molecule has 0 amide bonds. The Kier molecular flexibility index (Phi) is 7.37. The molecule has 148 valence electrons. The zero-order valence-electron chi connectivity index (χ0n) is 16.3. The lowest BCUT2D eigenvalue weighted by Crippen LogP contribution is -2.38. The van der Waals surface area contributed by atoms with Crippen LogP contribution in [-0.2, 0) is 16.6 Å². The average Bonchev–Trinajstić information content (AvgIpc) is 2.94. The highest BCUT2D eigenvalue weighted by Crippen LogP contribution is 2.16. The van der Waals surface area contributed by atoms with Crippen LogP contribution >= 0.6 is 0 Å². The number of benzene rings is 1. The molecule has 0 radical (unpaired) electrons. The van der Waals surface area contributed by atoms with E-state index in [2.05, 4.69) is 37.6 Å². The predicted molar refractivity (Wildman–Crippen MR) is 109 cm³/mol. The van der Waals surface area contributed by atoms with Gasteiger partial charge >= 0.3 is 0 Å². The monoisotopic (exact) mass is 392 g/mol. The maximum Gasteiger partial charge on any atom is 0.208 e. The fraction of sp³-hybridized carbons (Fsp3) is 0.444. The summed E-state index contributed by atoms with van der Waals surface area (Å²) >= 11 is 0. The van der Waals surface area contributed by atoms with Crippen molar-refractivity contribution in [2.24, 2.45) is 4.99 Å². The standard InChI is InChI=1S/C18H28N6O2S/c1-14-12-15(2)24(23-14)17-9-6-5-8-16(17)13-21-18(19-3)20-10-7-11-22-27(4,25)26/h5-6,8-9,12,22H,7,10-11,13H2,1-4H3,(H2,19,20,21). The van der Waals surface area contributed by atoms with Crippen LogP contribution in [0.1, 0.15) is 23.4 Å². The van der Waals surface area contributed by atoms with E-state index in [1.807, 2.05) is 36.7 Å². The molecule has 0 fully saturated rings. The Bertz CT molecular complexity index is 889. The van der Waals surface area contributed by atoms with Gasteiger partial charge in [0.15, 0.2) is 5.96 Å². The zero-order chi connectivity index (χ0) is 19.9. The highest BCUT2D eigenvalue weighted by molar-refractivity contribution is 7.88. The number of aryl methyl sites for hydroxylation is 2. The van der Waals surface area contributed by atoms with Crippen LogP contribution in [0.2, 0.25) is 0 Å². The van der Waals surface area contributed by atoms with E-state index in [1.54, 1.807) is 7.05 Å². The first-order chi connectivity index (χ1) is 12.8. The Hall–Kier alpha value is -2.39. The zero-order valence-corrected chi connectivity index (χ0v) is 17.1. The van der Waals surface area contributed by atoms with Gasteiger partial charge in [0.25, 0.3) is 0 Å². The van der Waals surface area contributed by atoms with E-state index in [1.165, 1.54) is 0 Å². The fourth-order valence-electron chi connectivity index (χ4n) is 2.69. The molecule has 0 aliphatic rings. The minimum Gasteiger partial charge on any atom is -0.356 e. The van der Waals surface area contributed by atoms with Gasteiger partial charge in [-0.15, -0.1) is 0 Å². The van der Waals surface area contributed by atoms with Crippen LogP contribution in [0.25, 0.3) is 5.69 Å². The summed E-state index contributed by atoms with van der Waals surface area (Å²) in [5.41, 5.74) is 4.20. The van der Waals surface area contributed by atoms with Crippen LogP contribution in [0.5, 0.6) is 0 Å². The molecule has 2 aromatic rings. The topological polar surface area (TPSA) is 100 Å². The highest BCUT2D eigenvalue weighted by Gasteiger charge is 2.09. The van der Waals surface area contributed by atoms with Crippen molar-refractivity contribution < 1.29 is 8.42 Å². The number of nitrogens with one attached hydrogen (secondary N) is 3. The molecule has 0 atom stereocenters. The van der Waals surface area contributed by atoms with Crippen molar-refractivity contribution in [2.75, 3.05) is 26.4 Å². The first-order valence-corrected chi connectivity index (χ1v) is 10.7. The van der Waals surface area contributed by atoms with Gasteiger partial charge in [0.1, 0.15) is 0 Å². The molecular formula is C18H28N6O2S. The molecule has 0 spiro atoms. The first kappa shape index (κ1) is 20.9. The second-order valence-electron chi connectivity index (χ2n) is 6.34. The molecule has 3 N–H and O–H groups in total. The van der Waals surface area contributed by atoms with Crippen molar-refractivity contribution in [2.45, 2.75) is 26.8 Å². The maximum atomic E-state index is 11.0. The molecule has 0 unspecified atom stereocenters. The van der Waals surface area contributed by atoms with E-state index in [9.17, 15) is 8.42 Å². The summed E-state index contributed by atoms with van der Waals surface area (Å²) in [5, 5.41) is 11.0. The molecule has 0 saturated carbocycles. The van der Waals surface area contributed by atoms with Gasteiger partial charge in [-0.1, -0.05) is 18.2 Å². The van der Waals surface area contributed by atoms with Crippen LogP contribution in [-0.4, -0.2) is 50.6 Å². The number of aromatic nitrogens is 2. The number of nitrogens with zero attached hydrogens (tertiary/aromatic N) is 3. The molecule has 9 heteroatoms. The van der Waals surface area contributed by atoms with E-state index in [-0.39, 0.29) is 0 Å². The summed E-state index contributed by atoms with van der Waals surface area (Å²) in [7, 11) is -1.44. The fourth-order valence-corrected chi connectivity index (χ4v) is 3.21. The van der Waals surface area contributed by atoms with Gasteiger partial charge in [-0.2, -0.15) is 5.10 Å². The summed E-state index contributed by atoms with van der Waals surface area (Å²) in [5.74, 6) is 0.664. The summed E-state index contributed by atoms with van der Waals surface area (Å²) in [6.07, 6.45) is 1.82. The van der Waals surface area contributed by atoms with Crippen LogP contribution in [0.3, 0.4) is 0 Å². The van der Waals surface area contributed by atoms with Crippen molar-refractivity contribution in [1.29, 1.82) is 0 Å². The molecule has 1 aromatic heterocycles. The van der Waals surface area contributed by atoms with E-state index in [0.717, 1.165) is 28.9 Å². The van der Waals surface area contributed by atoms with Gasteiger partial charge in [0.05, 0.1) is 17.6 Å². The number of hydrogen-bond donors (Lipinski definition) is 3. The summed E-state index contributed by atoms with van der Waals surface area (Å²) in [4.78, 5) is 4.21. The van der Waals surface area contributed by atoms with Crippen LogP contribution < -0.4 is 15.4 Å². The summed E-state index contributed by atoms with van der Waals surface area (Å²) < 4.78 is 26.5. The number of rotatable bonds is 8. The molecule has 27 heavy (non-hydrogen) atoms. The molecule has 0 saturated heterocycles. The predicted octanol–water partition coefficient (Wildman–Crippen LogP) is 1.09. The molecule has 0 aliphatic carbocycles. The molecule has 1 heterocycles. The van der Waals surface area contributed by atoms with Gasteiger partial charge in [0, 0.05) is 32.4 Å². The van der Waals surface area contributed by atoms with Crippen molar-refractivity contribution >= 4 is 16.0 Å². The van der Waals surface area contributed by atoms with E-state index < -0.39 is 10.0 Å². The smallest absolute Gasteiger partial charge is 0.208 e. The summed E-state index contributed by atoms with van der Waals surface area (Å²) in [6.45, 7) is 5.62. The Morgan fingerprint density at radius 2 is 1.93 bits per heavy atom. The third-order valence-corrected chi connectivity index (χ3v) is 4.64. The van der Waals surface area contributed by atoms with Gasteiger partial charge in [0.2, 0.25) is 10.0 Å². The Morgan fingerprint density at radius 3 is 2.56 bits per heavy atom. The van der Waals surface area contributed by atoms with E-state index >= 15 is 0 Å². The lowest BCUT2D eigenvalue weighted by Gasteiger charge is -2.15. The Labute approximate surface area is 161 Å². The lowest BCUT2D eigenvalue weighted by atomic mass is 10.1. The first-order valence-electron chi connectivity index (χ1n) is 8.81. The molecule has 8 nitrogen and oxygen atoms in total. The molecule has 0 bridgehead atoms. The number of hydrogen-bond acceptors (Lipinski definition) is 4. The normalized spacial score (nSPS) is 12.2. The van der Waals surface area contributed by atoms with Crippen molar-refractivity contribution in [3.8, 4) is 5.69 Å². The van der Waals surface area contributed by atoms with Gasteiger partial charge in [-0.05, 0) is 38.0 Å². The van der Waals surface area contributed by atoms with Crippen molar-refractivity contribution in [3.05, 3.63) is 47.3 Å². The second kappa shape index (κ2) is 9.52. The van der Waals surface area contributed by atoms with Crippen LogP contribution in [0.4, 0.5) is 0 Å². The third kappa shape index (κ3) is 6.69. The largest absolute Gasteiger partial charge is 0.356 e. The minimum atomic E-state index is -3.14. The highest BCUT2D eigenvalue weighted by atomic mass is 32.2. The number of aliphatic imine (C=N–C) groups is 1. The molecule has 1 aromatic carbocycles. The molecule has 2 rings (SSSR count). The third-order valence-electron chi connectivity index (χ3n) is 3.91. The molecular weight excluding hydrogens is 364 g/mol. The number of para-hydroxylation sites is 1. The molecule has 0 aliphatic heterocycles.